The standard InChI is InChI=1S/C12H24OS/c1-3-5-6-7-8-9-10-12(13)11-14-4-2/h3-11H2,1-2H3. The molecule has 2 heteroatoms. The van der Waals surface area contributed by atoms with Gasteiger partial charge in [0, 0.05) is 6.42 Å². The second kappa shape index (κ2) is 11.1. The highest BCUT2D eigenvalue weighted by molar-refractivity contribution is 7.99. The van der Waals surface area contributed by atoms with Crippen molar-refractivity contribution in [1.82, 2.24) is 0 Å². The van der Waals surface area contributed by atoms with E-state index in [1.54, 1.807) is 11.8 Å². The van der Waals surface area contributed by atoms with Crippen LogP contribution in [0.1, 0.15) is 58.8 Å². The first-order valence-electron chi connectivity index (χ1n) is 5.90. The maximum absolute atomic E-state index is 11.3. The first-order chi connectivity index (χ1) is 6.81. The monoisotopic (exact) mass is 216 g/mol. The molecule has 0 atom stereocenters. The number of rotatable bonds is 10. The fourth-order valence-corrected chi connectivity index (χ4v) is 1.97. The zero-order chi connectivity index (χ0) is 10.6. The minimum absolute atomic E-state index is 0.437. The summed E-state index contributed by atoms with van der Waals surface area (Å²) >= 11 is 1.74. The van der Waals surface area contributed by atoms with Crippen LogP contribution in [0.2, 0.25) is 0 Å². The van der Waals surface area contributed by atoms with Gasteiger partial charge in [0.15, 0.2) is 0 Å². The van der Waals surface area contributed by atoms with E-state index in [9.17, 15) is 4.79 Å². The van der Waals surface area contributed by atoms with Gasteiger partial charge in [0.05, 0.1) is 5.75 Å². The molecule has 14 heavy (non-hydrogen) atoms. The van der Waals surface area contributed by atoms with E-state index in [2.05, 4.69) is 13.8 Å². The highest BCUT2D eigenvalue weighted by Crippen LogP contribution is 2.08. The first kappa shape index (κ1) is 14.0. The van der Waals surface area contributed by atoms with Crippen LogP contribution in [0.5, 0.6) is 0 Å². The van der Waals surface area contributed by atoms with Gasteiger partial charge in [-0.15, -0.1) is 0 Å². The SMILES string of the molecule is CCCCCCCCC(=O)CSCC. The van der Waals surface area contributed by atoms with Crippen LogP contribution >= 0.6 is 11.8 Å². The molecule has 0 aromatic carbocycles. The van der Waals surface area contributed by atoms with E-state index in [1.165, 1.54) is 32.1 Å². The van der Waals surface area contributed by atoms with Gasteiger partial charge in [0.1, 0.15) is 5.78 Å². The zero-order valence-electron chi connectivity index (χ0n) is 9.68. The summed E-state index contributed by atoms with van der Waals surface area (Å²) in [4.78, 5) is 11.3. The summed E-state index contributed by atoms with van der Waals surface area (Å²) in [7, 11) is 0. The quantitative estimate of drug-likeness (QED) is 0.512. The van der Waals surface area contributed by atoms with E-state index >= 15 is 0 Å². The van der Waals surface area contributed by atoms with Gasteiger partial charge in [0.2, 0.25) is 0 Å². The molecule has 0 fully saturated rings. The molecule has 0 amide bonds. The molecule has 0 bridgehead atoms. The lowest BCUT2D eigenvalue weighted by atomic mass is 10.1. The molecule has 0 heterocycles. The number of Topliss-reactive ketones (excluding diaryl/α,β-unsaturated/α-hetero) is 1. The Morgan fingerprint density at radius 3 is 2.29 bits per heavy atom. The molecular weight excluding hydrogens is 192 g/mol. The van der Waals surface area contributed by atoms with Crippen molar-refractivity contribution in [1.29, 1.82) is 0 Å². The second-order valence-corrected chi connectivity index (χ2v) is 4.97. The lowest BCUT2D eigenvalue weighted by Crippen LogP contribution is -2.01. The molecule has 0 N–H and O–H groups in total. The third-order valence-corrected chi connectivity index (χ3v) is 3.21. The summed E-state index contributed by atoms with van der Waals surface area (Å²) in [5.74, 6) is 2.22. The maximum Gasteiger partial charge on any atom is 0.142 e. The molecule has 0 saturated carbocycles. The highest BCUT2D eigenvalue weighted by atomic mass is 32.2. The summed E-state index contributed by atoms with van der Waals surface area (Å²) in [6.07, 6.45) is 8.44. The van der Waals surface area contributed by atoms with Crippen molar-refractivity contribution in [2.75, 3.05) is 11.5 Å². The predicted molar refractivity (Wildman–Crippen MR) is 66.0 cm³/mol. The van der Waals surface area contributed by atoms with E-state index in [-0.39, 0.29) is 0 Å². The molecular formula is C12H24OS. The van der Waals surface area contributed by atoms with Gasteiger partial charge in [-0.25, -0.2) is 0 Å². The molecule has 0 aromatic heterocycles. The van der Waals surface area contributed by atoms with Crippen molar-refractivity contribution in [2.45, 2.75) is 58.8 Å². The van der Waals surface area contributed by atoms with E-state index in [0.717, 1.165) is 24.3 Å². The Morgan fingerprint density at radius 2 is 1.64 bits per heavy atom. The Hall–Kier alpha value is 0.0200. The maximum atomic E-state index is 11.3. The number of unbranched alkanes of at least 4 members (excludes halogenated alkanes) is 5. The van der Waals surface area contributed by atoms with Crippen LogP contribution < -0.4 is 0 Å². The summed E-state index contributed by atoms with van der Waals surface area (Å²) in [5.41, 5.74) is 0. The first-order valence-corrected chi connectivity index (χ1v) is 7.06. The fourth-order valence-electron chi connectivity index (χ4n) is 1.39. The Kier molecular flexibility index (Phi) is 11.1. The van der Waals surface area contributed by atoms with Crippen LogP contribution in [0.4, 0.5) is 0 Å². The van der Waals surface area contributed by atoms with Crippen LogP contribution in [-0.2, 0) is 4.79 Å². The van der Waals surface area contributed by atoms with E-state index in [4.69, 9.17) is 0 Å². The number of thioether (sulfide) groups is 1. The molecule has 0 saturated heterocycles. The predicted octanol–water partition coefficient (Wildman–Crippen LogP) is 4.06. The fraction of sp³-hybridized carbons (Fsp3) is 0.917. The van der Waals surface area contributed by atoms with Crippen molar-refractivity contribution in [3.8, 4) is 0 Å². The van der Waals surface area contributed by atoms with Gasteiger partial charge in [-0.2, -0.15) is 11.8 Å². The highest BCUT2D eigenvalue weighted by Gasteiger charge is 2.00. The molecule has 0 aliphatic carbocycles. The van der Waals surface area contributed by atoms with E-state index in [0.29, 0.717) is 5.78 Å². The van der Waals surface area contributed by atoms with Gasteiger partial charge >= 0.3 is 0 Å². The normalized spacial score (nSPS) is 10.4. The third kappa shape index (κ3) is 10.1. The largest absolute Gasteiger partial charge is 0.299 e. The van der Waals surface area contributed by atoms with Crippen LogP contribution in [0.25, 0.3) is 0 Å². The van der Waals surface area contributed by atoms with Crippen LogP contribution in [0.15, 0.2) is 0 Å². The summed E-state index contributed by atoms with van der Waals surface area (Å²) < 4.78 is 0. The Bertz CT molecular complexity index is 134. The number of hydrogen-bond acceptors (Lipinski definition) is 2. The van der Waals surface area contributed by atoms with Crippen LogP contribution in [0.3, 0.4) is 0 Å². The molecule has 0 aliphatic rings. The molecule has 84 valence electrons. The Balaban J connectivity index is 3.07. The van der Waals surface area contributed by atoms with Gasteiger partial charge in [-0.3, -0.25) is 4.79 Å². The molecule has 0 radical (unpaired) electrons. The second-order valence-electron chi connectivity index (χ2n) is 3.69. The summed E-state index contributed by atoms with van der Waals surface area (Å²) in [6.45, 7) is 4.33. The van der Waals surface area contributed by atoms with Crippen molar-refractivity contribution in [3.63, 3.8) is 0 Å². The number of carbonyl (C=O) groups excluding carboxylic acids is 1. The molecule has 0 aromatic rings. The van der Waals surface area contributed by atoms with E-state index < -0.39 is 0 Å². The van der Waals surface area contributed by atoms with Gasteiger partial charge < -0.3 is 0 Å². The van der Waals surface area contributed by atoms with Crippen LogP contribution in [-0.4, -0.2) is 17.3 Å². The zero-order valence-corrected chi connectivity index (χ0v) is 10.5. The minimum Gasteiger partial charge on any atom is -0.299 e. The third-order valence-electron chi connectivity index (χ3n) is 2.28. The topological polar surface area (TPSA) is 17.1 Å². The van der Waals surface area contributed by atoms with Gasteiger partial charge in [-0.05, 0) is 12.2 Å². The molecule has 0 rings (SSSR count). The molecule has 0 spiro atoms. The number of ketones is 1. The van der Waals surface area contributed by atoms with Crippen molar-refractivity contribution >= 4 is 17.5 Å². The smallest absolute Gasteiger partial charge is 0.142 e. The summed E-state index contributed by atoms with van der Waals surface area (Å²) in [5, 5.41) is 0. The van der Waals surface area contributed by atoms with E-state index in [1.807, 2.05) is 0 Å². The van der Waals surface area contributed by atoms with Crippen molar-refractivity contribution in [2.24, 2.45) is 0 Å². The Morgan fingerprint density at radius 1 is 1.00 bits per heavy atom. The average molecular weight is 216 g/mol. The van der Waals surface area contributed by atoms with Crippen molar-refractivity contribution in [3.05, 3.63) is 0 Å². The minimum atomic E-state index is 0.437. The average Bonchev–Trinajstić information content (AvgIpc) is 2.20. The lowest BCUT2D eigenvalue weighted by Gasteiger charge is -2.00. The summed E-state index contributed by atoms with van der Waals surface area (Å²) in [6, 6.07) is 0. The number of hydrogen-bond donors (Lipinski definition) is 0. The lowest BCUT2D eigenvalue weighted by molar-refractivity contribution is -0.116. The number of carbonyl (C=O) groups is 1. The Labute approximate surface area is 93.0 Å². The van der Waals surface area contributed by atoms with Gasteiger partial charge in [-0.1, -0.05) is 46.0 Å². The molecule has 1 nitrogen and oxygen atoms in total. The van der Waals surface area contributed by atoms with Gasteiger partial charge in [0.25, 0.3) is 0 Å². The molecule has 0 aliphatic heterocycles. The molecule has 0 unspecified atom stereocenters. The van der Waals surface area contributed by atoms with Crippen LogP contribution in [0, 0.1) is 0 Å². The van der Waals surface area contributed by atoms with Crippen molar-refractivity contribution < 1.29 is 4.79 Å².